The summed E-state index contributed by atoms with van der Waals surface area (Å²) in [6.45, 7) is 0.695. The van der Waals surface area contributed by atoms with E-state index in [9.17, 15) is 9.90 Å². The maximum Gasteiger partial charge on any atom is 0.411 e. The van der Waals surface area contributed by atoms with Crippen molar-refractivity contribution in [3.63, 3.8) is 0 Å². The number of amides is 1. The Morgan fingerprint density at radius 2 is 1.88 bits per heavy atom. The topological polar surface area (TPSA) is 49.8 Å². The summed E-state index contributed by atoms with van der Waals surface area (Å²) in [4.78, 5) is 14.0. The highest BCUT2D eigenvalue weighted by Crippen LogP contribution is 2.39. The van der Waals surface area contributed by atoms with E-state index in [1.54, 1.807) is 23.1 Å². The molecule has 24 heavy (non-hydrogen) atoms. The van der Waals surface area contributed by atoms with Crippen LogP contribution in [0.2, 0.25) is 10.0 Å². The first-order chi connectivity index (χ1) is 11.5. The molecular weight excluding hydrogens is 349 g/mol. The number of ether oxygens (including phenoxy) is 1. The molecule has 4 nitrogen and oxygen atoms in total. The zero-order chi connectivity index (χ0) is 17.2. The molecule has 0 aliphatic carbocycles. The van der Waals surface area contributed by atoms with Crippen LogP contribution in [-0.4, -0.2) is 29.3 Å². The molecule has 1 aliphatic rings. The van der Waals surface area contributed by atoms with Crippen LogP contribution in [0.3, 0.4) is 0 Å². The molecule has 1 heterocycles. The SMILES string of the molecule is O=C1OC(CCO)(c2ccc(Cl)c(Cl)c2)CN1Cc1ccccc1. The molecule has 6 heteroatoms. The molecule has 0 radical (unpaired) electrons. The molecule has 0 saturated carbocycles. The number of cyclic esters (lactones) is 1. The van der Waals surface area contributed by atoms with Gasteiger partial charge in [-0.25, -0.2) is 4.79 Å². The molecule has 126 valence electrons. The highest BCUT2D eigenvalue weighted by molar-refractivity contribution is 6.42. The quantitative estimate of drug-likeness (QED) is 0.862. The van der Waals surface area contributed by atoms with Crippen molar-refractivity contribution in [3.05, 3.63) is 69.7 Å². The maximum absolute atomic E-state index is 12.4. The third-order valence-corrected chi connectivity index (χ3v) is 4.90. The summed E-state index contributed by atoms with van der Waals surface area (Å²) >= 11 is 12.1. The standard InChI is InChI=1S/C18H17Cl2NO3/c19-15-7-6-14(10-16(15)20)18(8-9-22)12-21(17(23)24-18)11-13-4-2-1-3-5-13/h1-7,10,22H,8-9,11-12H2. The maximum atomic E-state index is 12.4. The number of aliphatic hydroxyl groups excluding tert-OH is 1. The van der Waals surface area contributed by atoms with Crippen molar-refractivity contribution in [3.8, 4) is 0 Å². The number of hydrogen-bond donors (Lipinski definition) is 1. The second kappa shape index (κ2) is 7.01. The van der Waals surface area contributed by atoms with Crippen molar-refractivity contribution < 1.29 is 14.6 Å². The molecule has 1 aliphatic heterocycles. The third-order valence-electron chi connectivity index (χ3n) is 4.16. The number of aliphatic hydroxyl groups is 1. The van der Waals surface area contributed by atoms with Crippen molar-refractivity contribution >= 4 is 29.3 Å². The van der Waals surface area contributed by atoms with Crippen molar-refractivity contribution in [2.75, 3.05) is 13.2 Å². The largest absolute Gasteiger partial charge is 0.436 e. The first kappa shape index (κ1) is 17.1. The highest BCUT2D eigenvalue weighted by atomic mass is 35.5. The number of carbonyl (C=O) groups excluding carboxylic acids is 1. The van der Waals surface area contributed by atoms with Gasteiger partial charge in [-0.2, -0.15) is 0 Å². The number of carbonyl (C=O) groups is 1. The Morgan fingerprint density at radius 1 is 1.12 bits per heavy atom. The summed E-state index contributed by atoms with van der Waals surface area (Å²) < 4.78 is 5.68. The van der Waals surface area contributed by atoms with Gasteiger partial charge in [0.15, 0.2) is 5.60 Å². The van der Waals surface area contributed by atoms with Gasteiger partial charge in [-0.15, -0.1) is 0 Å². The first-order valence-electron chi connectivity index (χ1n) is 7.62. The number of nitrogens with zero attached hydrogens (tertiary/aromatic N) is 1. The second-order valence-electron chi connectivity index (χ2n) is 5.81. The molecule has 1 fully saturated rings. The zero-order valence-electron chi connectivity index (χ0n) is 12.9. The fraction of sp³-hybridized carbons (Fsp3) is 0.278. The van der Waals surface area contributed by atoms with Gasteiger partial charge in [-0.1, -0.05) is 59.6 Å². The first-order valence-corrected chi connectivity index (χ1v) is 8.38. The lowest BCUT2D eigenvalue weighted by atomic mass is 9.90. The summed E-state index contributed by atoms with van der Waals surface area (Å²) in [5, 5.41) is 10.3. The Morgan fingerprint density at radius 3 is 2.54 bits per heavy atom. The normalized spacial score (nSPS) is 20.3. The van der Waals surface area contributed by atoms with Crippen LogP contribution in [0, 0.1) is 0 Å². The van der Waals surface area contributed by atoms with Crippen molar-refractivity contribution in [1.29, 1.82) is 0 Å². The molecule has 3 rings (SSSR count). The van der Waals surface area contributed by atoms with Gasteiger partial charge >= 0.3 is 6.09 Å². The van der Waals surface area contributed by atoms with Gasteiger partial charge in [-0.3, -0.25) is 4.90 Å². The lowest BCUT2D eigenvalue weighted by molar-refractivity contribution is 0.0323. The minimum absolute atomic E-state index is 0.104. The summed E-state index contributed by atoms with van der Waals surface area (Å²) in [6.07, 6.45) is -0.111. The predicted octanol–water partition coefficient (Wildman–Crippen LogP) is 4.22. The number of halogens is 2. The van der Waals surface area contributed by atoms with E-state index in [2.05, 4.69) is 0 Å². The predicted molar refractivity (Wildman–Crippen MR) is 93.2 cm³/mol. The zero-order valence-corrected chi connectivity index (χ0v) is 14.4. The van der Waals surface area contributed by atoms with Crippen LogP contribution < -0.4 is 0 Å². The van der Waals surface area contributed by atoms with Crippen LogP contribution in [0.5, 0.6) is 0 Å². The van der Waals surface area contributed by atoms with Crippen LogP contribution in [-0.2, 0) is 16.9 Å². The van der Waals surface area contributed by atoms with Crippen LogP contribution in [0.1, 0.15) is 17.5 Å². The minimum atomic E-state index is -0.922. The van der Waals surface area contributed by atoms with Gasteiger partial charge in [0.1, 0.15) is 0 Å². The Bertz CT molecular complexity index is 738. The smallest absolute Gasteiger partial charge is 0.411 e. The van der Waals surface area contributed by atoms with Crippen LogP contribution in [0.25, 0.3) is 0 Å². The van der Waals surface area contributed by atoms with Crippen molar-refractivity contribution in [2.45, 2.75) is 18.6 Å². The average Bonchev–Trinajstić information content (AvgIpc) is 2.88. The van der Waals surface area contributed by atoms with E-state index < -0.39 is 11.7 Å². The monoisotopic (exact) mass is 365 g/mol. The molecule has 2 aromatic carbocycles. The average molecular weight is 366 g/mol. The van der Waals surface area contributed by atoms with Gasteiger partial charge in [0.05, 0.1) is 16.6 Å². The minimum Gasteiger partial charge on any atom is -0.436 e. The Kier molecular flexibility index (Phi) is 4.99. The van der Waals surface area contributed by atoms with E-state index >= 15 is 0 Å². The fourth-order valence-electron chi connectivity index (χ4n) is 2.95. The summed E-state index contributed by atoms with van der Waals surface area (Å²) in [5.41, 5.74) is 0.827. The molecule has 1 unspecified atom stereocenters. The molecule has 1 amide bonds. The van der Waals surface area contributed by atoms with Crippen LogP contribution >= 0.6 is 23.2 Å². The second-order valence-corrected chi connectivity index (χ2v) is 6.62. The van der Waals surface area contributed by atoms with E-state index in [1.165, 1.54) is 0 Å². The van der Waals surface area contributed by atoms with Gasteiger partial charge in [0.25, 0.3) is 0 Å². The lowest BCUT2D eigenvalue weighted by Crippen LogP contribution is -2.33. The summed E-state index contributed by atoms with van der Waals surface area (Å²) in [7, 11) is 0. The van der Waals surface area contributed by atoms with Gasteiger partial charge in [0.2, 0.25) is 0 Å². The fourth-order valence-corrected chi connectivity index (χ4v) is 3.24. The molecule has 0 bridgehead atoms. The Balaban J connectivity index is 1.88. The van der Waals surface area contributed by atoms with Crippen molar-refractivity contribution in [1.82, 2.24) is 4.90 Å². The van der Waals surface area contributed by atoms with Gasteiger partial charge in [-0.05, 0) is 23.3 Å². The van der Waals surface area contributed by atoms with E-state index in [0.29, 0.717) is 29.6 Å². The molecular formula is C18H17Cl2NO3. The van der Waals surface area contributed by atoms with Crippen LogP contribution in [0.15, 0.2) is 48.5 Å². The van der Waals surface area contributed by atoms with Crippen molar-refractivity contribution in [2.24, 2.45) is 0 Å². The molecule has 0 aromatic heterocycles. The third kappa shape index (κ3) is 3.36. The van der Waals surface area contributed by atoms with Crippen LogP contribution in [0.4, 0.5) is 4.79 Å². The molecule has 1 N–H and O–H groups in total. The number of rotatable bonds is 5. The summed E-state index contributed by atoms with van der Waals surface area (Å²) in [6, 6.07) is 14.8. The Hall–Kier alpha value is -1.75. The number of benzene rings is 2. The summed E-state index contributed by atoms with van der Waals surface area (Å²) in [5.74, 6) is 0. The molecule has 2 aromatic rings. The van der Waals surface area contributed by atoms with E-state index in [-0.39, 0.29) is 6.61 Å². The lowest BCUT2D eigenvalue weighted by Gasteiger charge is -2.27. The van der Waals surface area contributed by atoms with E-state index in [4.69, 9.17) is 27.9 Å². The van der Waals surface area contributed by atoms with E-state index in [1.807, 2.05) is 30.3 Å². The molecule has 1 atom stereocenters. The number of hydrogen-bond acceptors (Lipinski definition) is 3. The molecule has 1 saturated heterocycles. The van der Waals surface area contributed by atoms with E-state index in [0.717, 1.165) is 11.1 Å². The van der Waals surface area contributed by atoms with Gasteiger partial charge < -0.3 is 9.84 Å². The molecule has 0 spiro atoms. The highest BCUT2D eigenvalue weighted by Gasteiger charge is 2.46. The Labute approximate surface area is 150 Å². The van der Waals surface area contributed by atoms with Gasteiger partial charge in [0, 0.05) is 19.6 Å².